The average molecular weight is 342 g/mol. The molecule has 7 nitrogen and oxygen atoms in total. The first-order valence-electron chi connectivity index (χ1n) is 7.31. The number of tetrazole rings is 1. The molecule has 0 unspecified atom stereocenters. The molecule has 122 valence electrons. The fourth-order valence-electron chi connectivity index (χ4n) is 2.07. The standard InChI is InChI=1S/C16H14N4O3S/c21-14(15-4-2-10-24-15)3-1-9-23-16(22)12-5-7-13(8-6-12)20-11-17-18-19-20/h2,4-8,10-11H,1,3,9H2. The Morgan fingerprint density at radius 1 is 1.17 bits per heavy atom. The number of rotatable bonds is 7. The average Bonchev–Trinajstić information content (AvgIpc) is 3.32. The first kappa shape index (κ1) is 16.0. The summed E-state index contributed by atoms with van der Waals surface area (Å²) in [4.78, 5) is 24.5. The lowest BCUT2D eigenvalue weighted by atomic mass is 10.2. The van der Waals surface area contributed by atoms with Crippen LogP contribution < -0.4 is 0 Å². The van der Waals surface area contributed by atoms with E-state index in [1.165, 1.54) is 22.3 Å². The molecule has 2 aromatic heterocycles. The van der Waals surface area contributed by atoms with E-state index in [-0.39, 0.29) is 12.4 Å². The quantitative estimate of drug-likeness (QED) is 0.372. The van der Waals surface area contributed by atoms with Crippen molar-refractivity contribution < 1.29 is 14.3 Å². The monoisotopic (exact) mass is 342 g/mol. The van der Waals surface area contributed by atoms with Crippen LogP contribution in [-0.4, -0.2) is 38.6 Å². The van der Waals surface area contributed by atoms with Crippen molar-refractivity contribution in [3.63, 3.8) is 0 Å². The van der Waals surface area contributed by atoms with Crippen molar-refractivity contribution in [2.45, 2.75) is 12.8 Å². The van der Waals surface area contributed by atoms with Gasteiger partial charge in [0.1, 0.15) is 6.33 Å². The number of hydrogen-bond acceptors (Lipinski definition) is 7. The van der Waals surface area contributed by atoms with Gasteiger partial charge in [0.15, 0.2) is 5.78 Å². The predicted molar refractivity (Wildman–Crippen MR) is 87.3 cm³/mol. The van der Waals surface area contributed by atoms with Crippen molar-refractivity contribution in [1.29, 1.82) is 0 Å². The molecular formula is C16H14N4O3S. The maximum absolute atomic E-state index is 12.0. The Labute approximate surface area is 141 Å². The summed E-state index contributed by atoms with van der Waals surface area (Å²) in [5.41, 5.74) is 1.19. The molecule has 0 aliphatic heterocycles. The van der Waals surface area contributed by atoms with Gasteiger partial charge in [-0.3, -0.25) is 4.79 Å². The van der Waals surface area contributed by atoms with Crippen molar-refractivity contribution in [1.82, 2.24) is 20.2 Å². The maximum Gasteiger partial charge on any atom is 0.338 e. The number of carbonyl (C=O) groups excluding carboxylic acids is 2. The summed E-state index contributed by atoms with van der Waals surface area (Å²) in [5.74, 6) is -0.339. The molecule has 0 fully saturated rings. The zero-order chi connectivity index (χ0) is 16.8. The Kier molecular flexibility index (Phi) is 5.07. The van der Waals surface area contributed by atoms with Crippen molar-refractivity contribution in [2.75, 3.05) is 6.61 Å². The largest absolute Gasteiger partial charge is 0.462 e. The van der Waals surface area contributed by atoms with Crippen LogP contribution >= 0.6 is 11.3 Å². The Morgan fingerprint density at radius 2 is 2.00 bits per heavy atom. The number of hydrogen-bond donors (Lipinski definition) is 0. The molecule has 0 bridgehead atoms. The highest BCUT2D eigenvalue weighted by Crippen LogP contribution is 2.13. The van der Waals surface area contributed by atoms with Crippen LogP contribution in [0.4, 0.5) is 0 Å². The third-order valence-electron chi connectivity index (χ3n) is 3.29. The minimum Gasteiger partial charge on any atom is -0.462 e. The molecule has 2 heterocycles. The maximum atomic E-state index is 12.0. The Bertz CT molecular complexity index is 798. The first-order chi connectivity index (χ1) is 11.7. The summed E-state index contributed by atoms with van der Waals surface area (Å²) >= 11 is 1.42. The third-order valence-corrected chi connectivity index (χ3v) is 4.20. The molecule has 0 saturated heterocycles. The topological polar surface area (TPSA) is 87.0 Å². The Balaban J connectivity index is 1.46. The lowest BCUT2D eigenvalue weighted by molar-refractivity contribution is 0.0494. The van der Waals surface area contributed by atoms with Crippen LogP contribution in [0.2, 0.25) is 0 Å². The normalized spacial score (nSPS) is 10.5. The highest BCUT2D eigenvalue weighted by molar-refractivity contribution is 7.12. The molecule has 8 heteroatoms. The number of nitrogens with zero attached hydrogens (tertiary/aromatic N) is 4. The molecule has 0 amide bonds. The van der Waals surface area contributed by atoms with Gasteiger partial charge in [-0.2, -0.15) is 0 Å². The van der Waals surface area contributed by atoms with Crippen LogP contribution in [0.5, 0.6) is 0 Å². The van der Waals surface area contributed by atoms with Gasteiger partial charge in [-0.1, -0.05) is 6.07 Å². The first-order valence-corrected chi connectivity index (χ1v) is 8.19. The molecule has 3 rings (SSSR count). The molecule has 0 N–H and O–H groups in total. The number of esters is 1. The second-order valence-corrected chi connectivity index (χ2v) is 5.89. The van der Waals surface area contributed by atoms with Gasteiger partial charge in [-0.05, 0) is 52.6 Å². The van der Waals surface area contributed by atoms with E-state index in [4.69, 9.17) is 4.74 Å². The molecule has 0 atom stereocenters. The van der Waals surface area contributed by atoms with E-state index in [1.54, 1.807) is 30.3 Å². The summed E-state index contributed by atoms with van der Waals surface area (Å²) in [6.07, 6.45) is 2.34. The SMILES string of the molecule is O=C(OCCCC(=O)c1cccs1)c1ccc(-n2cnnn2)cc1. The van der Waals surface area contributed by atoms with Crippen LogP contribution in [0, 0.1) is 0 Å². The van der Waals surface area contributed by atoms with E-state index in [0.29, 0.717) is 18.4 Å². The minimum atomic E-state index is -0.415. The van der Waals surface area contributed by atoms with Gasteiger partial charge in [0.05, 0.1) is 22.7 Å². The van der Waals surface area contributed by atoms with Gasteiger partial charge < -0.3 is 4.74 Å². The van der Waals surface area contributed by atoms with Gasteiger partial charge in [0, 0.05) is 6.42 Å². The Morgan fingerprint density at radius 3 is 2.67 bits per heavy atom. The fourth-order valence-corrected chi connectivity index (χ4v) is 2.77. The summed E-state index contributed by atoms with van der Waals surface area (Å²) in [6, 6.07) is 10.4. The molecule has 1 aromatic carbocycles. The van der Waals surface area contributed by atoms with E-state index < -0.39 is 5.97 Å². The van der Waals surface area contributed by atoms with Crippen molar-refractivity contribution in [2.24, 2.45) is 0 Å². The highest BCUT2D eigenvalue weighted by atomic mass is 32.1. The number of thiophene rings is 1. The molecule has 0 aliphatic rings. The second-order valence-electron chi connectivity index (χ2n) is 4.94. The van der Waals surface area contributed by atoms with Gasteiger partial charge in [0.2, 0.25) is 0 Å². The molecule has 0 saturated carbocycles. The number of benzene rings is 1. The van der Waals surface area contributed by atoms with Crippen LogP contribution in [-0.2, 0) is 4.74 Å². The van der Waals surface area contributed by atoms with E-state index >= 15 is 0 Å². The molecule has 0 spiro atoms. The fraction of sp³-hybridized carbons (Fsp3) is 0.188. The van der Waals surface area contributed by atoms with Gasteiger partial charge in [-0.25, -0.2) is 9.48 Å². The van der Waals surface area contributed by atoms with E-state index in [0.717, 1.165) is 10.6 Å². The Hall–Kier alpha value is -2.87. The second kappa shape index (κ2) is 7.60. The van der Waals surface area contributed by atoms with Crippen LogP contribution in [0.1, 0.15) is 32.9 Å². The molecule has 0 aliphatic carbocycles. The van der Waals surface area contributed by atoms with Crippen LogP contribution in [0.3, 0.4) is 0 Å². The van der Waals surface area contributed by atoms with Gasteiger partial charge in [0.25, 0.3) is 0 Å². The summed E-state index contributed by atoms with van der Waals surface area (Å²) in [5, 5.41) is 12.7. The van der Waals surface area contributed by atoms with E-state index in [2.05, 4.69) is 15.5 Å². The summed E-state index contributed by atoms with van der Waals surface area (Å²) in [7, 11) is 0. The lowest BCUT2D eigenvalue weighted by Gasteiger charge is -2.05. The van der Waals surface area contributed by atoms with Gasteiger partial charge in [-0.15, -0.1) is 16.4 Å². The smallest absolute Gasteiger partial charge is 0.338 e. The lowest BCUT2D eigenvalue weighted by Crippen LogP contribution is -2.08. The molecular weight excluding hydrogens is 328 g/mol. The van der Waals surface area contributed by atoms with Crippen LogP contribution in [0.15, 0.2) is 48.1 Å². The number of ketones is 1. The highest BCUT2D eigenvalue weighted by Gasteiger charge is 2.10. The van der Waals surface area contributed by atoms with Crippen molar-refractivity contribution in [3.05, 3.63) is 58.5 Å². The van der Waals surface area contributed by atoms with E-state index in [1.807, 2.05) is 11.4 Å². The predicted octanol–water partition coefficient (Wildman–Crippen LogP) is 2.54. The number of aromatic nitrogens is 4. The molecule has 24 heavy (non-hydrogen) atoms. The van der Waals surface area contributed by atoms with Gasteiger partial charge >= 0.3 is 5.97 Å². The van der Waals surface area contributed by atoms with Crippen LogP contribution in [0.25, 0.3) is 5.69 Å². The summed E-state index contributed by atoms with van der Waals surface area (Å²) < 4.78 is 6.68. The third kappa shape index (κ3) is 3.90. The number of Topliss-reactive ketones (excluding diaryl/α,β-unsaturated/α-hetero) is 1. The number of ether oxygens (including phenoxy) is 1. The zero-order valence-corrected chi connectivity index (χ0v) is 13.5. The molecule has 0 radical (unpaired) electrons. The minimum absolute atomic E-state index is 0.0758. The molecule has 3 aromatic rings. The van der Waals surface area contributed by atoms with Crippen molar-refractivity contribution >= 4 is 23.1 Å². The number of carbonyl (C=O) groups is 2. The van der Waals surface area contributed by atoms with Crippen molar-refractivity contribution in [3.8, 4) is 5.69 Å². The summed E-state index contributed by atoms with van der Waals surface area (Å²) in [6.45, 7) is 0.213. The van der Waals surface area contributed by atoms with E-state index in [9.17, 15) is 9.59 Å². The zero-order valence-electron chi connectivity index (χ0n) is 12.7.